The third-order valence-electron chi connectivity index (χ3n) is 6.20. The molecule has 40 heavy (non-hydrogen) atoms. The van der Waals surface area contributed by atoms with Crippen LogP contribution in [0.15, 0.2) is 107 Å². The van der Waals surface area contributed by atoms with E-state index in [1.807, 2.05) is 92.9 Å². The molecule has 0 spiro atoms. The molecule has 1 atom stereocenters. The van der Waals surface area contributed by atoms with E-state index < -0.39 is 5.25 Å². The standard InChI is InChI=1S/C33H31N3O2S2/c1-33(2,3)20-29(37)34-26-15-17-27(18-16-26)40-30(23-10-5-4-6-11-23)31(38)36-32-35-28(21-39-32)25-14-13-22-9-7-8-12-24(22)19-25/h4-19,21,30H,20H2,1-3H3,(H,34,37)(H,35,36,38). The van der Waals surface area contributed by atoms with Crippen LogP contribution in [0.4, 0.5) is 10.8 Å². The lowest BCUT2D eigenvalue weighted by Crippen LogP contribution is -2.19. The van der Waals surface area contributed by atoms with Gasteiger partial charge in [0.05, 0.1) is 5.69 Å². The zero-order valence-corrected chi connectivity index (χ0v) is 24.3. The van der Waals surface area contributed by atoms with Gasteiger partial charge in [-0.1, -0.05) is 87.5 Å². The fourth-order valence-corrected chi connectivity index (χ4v) is 6.07. The van der Waals surface area contributed by atoms with Crippen LogP contribution in [0.1, 0.15) is 38.0 Å². The predicted molar refractivity (Wildman–Crippen MR) is 168 cm³/mol. The maximum atomic E-state index is 13.6. The molecule has 5 rings (SSSR count). The first kappa shape index (κ1) is 27.6. The van der Waals surface area contributed by atoms with Crippen LogP contribution in [-0.2, 0) is 9.59 Å². The smallest absolute Gasteiger partial charge is 0.244 e. The van der Waals surface area contributed by atoms with Crippen LogP contribution in [0.5, 0.6) is 0 Å². The second kappa shape index (κ2) is 12.1. The first-order valence-corrected chi connectivity index (χ1v) is 14.9. The topological polar surface area (TPSA) is 71.1 Å². The van der Waals surface area contributed by atoms with Crippen LogP contribution in [-0.4, -0.2) is 16.8 Å². The van der Waals surface area contributed by atoms with E-state index >= 15 is 0 Å². The second-order valence-electron chi connectivity index (χ2n) is 10.8. The third kappa shape index (κ3) is 7.17. The molecule has 0 bridgehead atoms. The highest BCUT2D eigenvalue weighted by Gasteiger charge is 2.23. The Morgan fingerprint density at radius 2 is 1.55 bits per heavy atom. The molecule has 0 fully saturated rings. The first-order valence-electron chi connectivity index (χ1n) is 13.1. The highest BCUT2D eigenvalue weighted by molar-refractivity contribution is 8.00. The summed E-state index contributed by atoms with van der Waals surface area (Å²) in [7, 11) is 0. The molecule has 5 aromatic rings. The van der Waals surface area contributed by atoms with E-state index in [2.05, 4.69) is 41.0 Å². The van der Waals surface area contributed by atoms with Gasteiger partial charge >= 0.3 is 0 Å². The summed E-state index contributed by atoms with van der Waals surface area (Å²) in [6.07, 6.45) is 0.444. The van der Waals surface area contributed by atoms with Crippen molar-refractivity contribution in [2.24, 2.45) is 5.41 Å². The van der Waals surface area contributed by atoms with Crippen LogP contribution in [0.3, 0.4) is 0 Å². The van der Waals surface area contributed by atoms with Gasteiger partial charge in [0.2, 0.25) is 11.8 Å². The number of amides is 2. The largest absolute Gasteiger partial charge is 0.326 e. The highest BCUT2D eigenvalue weighted by atomic mass is 32.2. The molecular weight excluding hydrogens is 535 g/mol. The molecule has 0 aliphatic heterocycles. The summed E-state index contributed by atoms with van der Waals surface area (Å²) in [5, 5.41) is 10.4. The Bertz CT molecular complexity index is 1620. The van der Waals surface area contributed by atoms with Crippen molar-refractivity contribution in [2.45, 2.75) is 37.3 Å². The summed E-state index contributed by atoms with van der Waals surface area (Å²) in [6, 6.07) is 31.8. The van der Waals surface area contributed by atoms with Crippen molar-refractivity contribution in [3.63, 3.8) is 0 Å². The van der Waals surface area contributed by atoms with E-state index in [1.165, 1.54) is 28.5 Å². The molecule has 1 unspecified atom stereocenters. The van der Waals surface area contributed by atoms with E-state index in [0.717, 1.165) is 32.8 Å². The Hall–Kier alpha value is -3.94. The van der Waals surface area contributed by atoms with Crippen molar-refractivity contribution < 1.29 is 9.59 Å². The van der Waals surface area contributed by atoms with Gasteiger partial charge in [-0.15, -0.1) is 23.1 Å². The Labute approximate surface area is 243 Å². The average Bonchev–Trinajstić information content (AvgIpc) is 3.40. The molecule has 5 nitrogen and oxygen atoms in total. The molecule has 1 aromatic heterocycles. The van der Waals surface area contributed by atoms with Crippen molar-refractivity contribution in [3.8, 4) is 11.3 Å². The number of hydrogen-bond acceptors (Lipinski definition) is 5. The van der Waals surface area contributed by atoms with Gasteiger partial charge in [-0.25, -0.2) is 4.98 Å². The maximum absolute atomic E-state index is 13.6. The SMILES string of the molecule is CC(C)(C)CC(=O)Nc1ccc(SC(C(=O)Nc2nc(-c3ccc4ccccc4c3)cs2)c2ccccc2)cc1. The van der Waals surface area contributed by atoms with Gasteiger partial charge in [0, 0.05) is 27.9 Å². The fourth-order valence-electron chi connectivity index (χ4n) is 4.32. The van der Waals surface area contributed by atoms with E-state index in [9.17, 15) is 9.59 Å². The van der Waals surface area contributed by atoms with Crippen molar-refractivity contribution >= 4 is 56.5 Å². The zero-order chi connectivity index (χ0) is 28.1. The number of aromatic nitrogens is 1. The van der Waals surface area contributed by atoms with Crippen LogP contribution in [0.25, 0.3) is 22.0 Å². The second-order valence-corrected chi connectivity index (χ2v) is 12.8. The average molecular weight is 566 g/mol. The lowest BCUT2D eigenvalue weighted by molar-refractivity contribution is -0.118. The quantitative estimate of drug-likeness (QED) is 0.184. The molecular formula is C33H31N3O2S2. The number of benzene rings is 4. The molecule has 0 aliphatic rings. The number of carbonyl (C=O) groups excluding carboxylic acids is 2. The molecule has 0 saturated heterocycles. The summed E-state index contributed by atoms with van der Waals surface area (Å²) < 4.78 is 0. The van der Waals surface area contributed by atoms with Crippen LogP contribution < -0.4 is 10.6 Å². The number of nitrogens with zero attached hydrogens (tertiary/aromatic N) is 1. The van der Waals surface area contributed by atoms with Crippen LogP contribution in [0.2, 0.25) is 0 Å². The van der Waals surface area contributed by atoms with Gasteiger partial charge < -0.3 is 10.6 Å². The Kier molecular flexibility index (Phi) is 8.33. The number of fused-ring (bicyclic) bond motifs is 1. The van der Waals surface area contributed by atoms with Gasteiger partial charge in [-0.3, -0.25) is 9.59 Å². The number of nitrogens with one attached hydrogen (secondary N) is 2. The van der Waals surface area contributed by atoms with Crippen molar-refractivity contribution in [2.75, 3.05) is 10.6 Å². The molecule has 1 heterocycles. The number of anilines is 2. The molecule has 7 heteroatoms. The number of carbonyl (C=O) groups is 2. The normalized spacial score (nSPS) is 12.2. The molecule has 0 radical (unpaired) electrons. The number of thiazole rings is 1. The molecule has 0 aliphatic carbocycles. The van der Waals surface area contributed by atoms with Gasteiger partial charge in [0.15, 0.2) is 5.13 Å². The highest BCUT2D eigenvalue weighted by Crippen LogP contribution is 2.37. The molecule has 2 amide bonds. The van der Waals surface area contributed by atoms with E-state index in [0.29, 0.717) is 11.6 Å². The van der Waals surface area contributed by atoms with Gasteiger partial charge in [-0.2, -0.15) is 0 Å². The summed E-state index contributed by atoms with van der Waals surface area (Å²) in [4.78, 5) is 31.5. The lowest BCUT2D eigenvalue weighted by atomic mass is 9.92. The molecule has 0 saturated carbocycles. The van der Waals surface area contributed by atoms with Crippen molar-refractivity contribution in [3.05, 3.63) is 108 Å². The summed E-state index contributed by atoms with van der Waals surface area (Å²) in [5.41, 5.74) is 3.41. The van der Waals surface area contributed by atoms with Gasteiger partial charge in [0.25, 0.3) is 0 Å². The van der Waals surface area contributed by atoms with Crippen LogP contribution in [0, 0.1) is 5.41 Å². The molecule has 202 valence electrons. The van der Waals surface area contributed by atoms with E-state index in [-0.39, 0.29) is 17.2 Å². The summed E-state index contributed by atoms with van der Waals surface area (Å²) in [6.45, 7) is 6.12. The minimum absolute atomic E-state index is 0.0130. The van der Waals surface area contributed by atoms with E-state index in [4.69, 9.17) is 4.98 Å². The van der Waals surface area contributed by atoms with Crippen molar-refractivity contribution in [1.82, 2.24) is 4.98 Å². The van der Waals surface area contributed by atoms with Crippen LogP contribution >= 0.6 is 23.1 Å². The monoisotopic (exact) mass is 565 g/mol. The minimum Gasteiger partial charge on any atom is -0.326 e. The number of rotatable bonds is 8. The molecule has 4 aromatic carbocycles. The Balaban J connectivity index is 1.30. The van der Waals surface area contributed by atoms with Gasteiger partial charge in [0.1, 0.15) is 5.25 Å². The third-order valence-corrected chi connectivity index (χ3v) is 8.23. The summed E-state index contributed by atoms with van der Waals surface area (Å²) in [5.74, 6) is -0.154. The maximum Gasteiger partial charge on any atom is 0.244 e. The van der Waals surface area contributed by atoms with Gasteiger partial charge in [-0.05, 0) is 52.1 Å². The fraction of sp³-hybridized carbons (Fsp3) is 0.182. The Morgan fingerprint density at radius 3 is 2.27 bits per heavy atom. The number of thioether (sulfide) groups is 1. The predicted octanol–water partition coefficient (Wildman–Crippen LogP) is 8.81. The summed E-state index contributed by atoms with van der Waals surface area (Å²) >= 11 is 2.88. The number of hydrogen-bond donors (Lipinski definition) is 2. The first-order chi connectivity index (χ1) is 19.2. The molecule has 2 N–H and O–H groups in total. The lowest BCUT2D eigenvalue weighted by Gasteiger charge is -2.18. The minimum atomic E-state index is -0.476. The zero-order valence-electron chi connectivity index (χ0n) is 22.7. The van der Waals surface area contributed by atoms with Crippen molar-refractivity contribution in [1.29, 1.82) is 0 Å². The Morgan fingerprint density at radius 1 is 0.850 bits per heavy atom. The van der Waals surface area contributed by atoms with E-state index in [1.54, 1.807) is 0 Å².